The molecule has 1 saturated carbocycles. The van der Waals surface area contributed by atoms with Gasteiger partial charge in [0.05, 0.1) is 19.8 Å². The Morgan fingerprint density at radius 3 is 2.36 bits per heavy atom. The second kappa shape index (κ2) is 6.70. The van der Waals surface area contributed by atoms with Gasteiger partial charge in [0.15, 0.2) is 0 Å². The zero-order valence-corrected chi connectivity index (χ0v) is 10.0. The molecule has 0 radical (unpaired) electrons. The number of thiol groups is 1. The number of hydrogen-bond acceptors (Lipinski definition) is 3. The third-order valence-electron chi connectivity index (χ3n) is 2.98. The van der Waals surface area contributed by atoms with Crippen LogP contribution in [0.3, 0.4) is 0 Å². The van der Waals surface area contributed by atoms with Crippen LogP contribution in [0.15, 0.2) is 0 Å². The largest absolute Gasteiger partial charge is 0.379 e. The quantitative estimate of drug-likeness (QED) is 0.523. The molecule has 14 heavy (non-hydrogen) atoms. The maximum absolute atomic E-state index is 5.64. The van der Waals surface area contributed by atoms with Crippen molar-refractivity contribution in [1.82, 2.24) is 0 Å². The van der Waals surface area contributed by atoms with Gasteiger partial charge < -0.3 is 9.47 Å². The lowest BCUT2D eigenvalue weighted by Crippen LogP contribution is -2.26. The van der Waals surface area contributed by atoms with Gasteiger partial charge in [0, 0.05) is 12.0 Å². The highest BCUT2D eigenvalue weighted by Gasteiger charge is 2.32. The first-order chi connectivity index (χ1) is 6.83. The second-order valence-corrected chi connectivity index (χ2v) is 4.43. The summed E-state index contributed by atoms with van der Waals surface area (Å²) in [5.74, 6) is 0.960. The minimum Gasteiger partial charge on any atom is -0.379 e. The Balaban J connectivity index is 2.08. The molecule has 1 aliphatic rings. The monoisotopic (exact) mass is 218 g/mol. The molecule has 1 rings (SSSR count). The lowest BCUT2D eigenvalue weighted by atomic mass is 9.90. The van der Waals surface area contributed by atoms with E-state index < -0.39 is 0 Å². The highest BCUT2D eigenvalue weighted by atomic mass is 32.1. The summed E-state index contributed by atoms with van der Waals surface area (Å²) in [7, 11) is 0. The van der Waals surface area contributed by atoms with Crippen LogP contribution in [0.5, 0.6) is 0 Å². The van der Waals surface area contributed by atoms with Crippen molar-refractivity contribution >= 4 is 12.6 Å². The van der Waals surface area contributed by atoms with E-state index in [1.54, 1.807) is 0 Å². The molecule has 0 atom stereocenters. The van der Waals surface area contributed by atoms with Crippen LogP contribution >= 0.6 is 12.6 Å². The molecule has 0 heterocycles. The molecule has 0 aliphatic heterocycles. The van der Waals surface area contributed by atoms with Crippen LogP contribution < -0.4 is 0 Å². The van der Waals surface area contributed by atoms with Crippen LogP contribution in [0.4, 0.5) is 0 Å². The molecule has 0 unspecified atom stereocenters. The first kappa shape index (κ1) is 12.3. The van der Waals surface area contributed by atoms with Crippen molar-refractivity contribution in [2.24, 2.45) is 5.41 Å². The highest BCUT2D eigenvalue weighted by molar-refractivity contribution is 7.80. The number of ether oxygens (including phenoxy) is 2. The molecule has 0 aromatic carbocycles. The molecule has 3 heteroatoms. The first-order valence-electron chi connectivity index (χ1n) is 5.59. The van der Waals surface area contributed by atoms with Crippen molar-refractivity contribution in [3.05, 3.63) is 0 Å². The topological polar surface area (TPSA) is 18.5 Å². The van der Waals surface area contributed by atoms with Gasteiger partial charge in [0.2, 0.25) is 0 Å². The zero-order chi connectivity index (χ0) is 10.3. The fourth-order valence-electron chi connectivity index (χ4n) is 2.02. The Morgan fingerprint density at radius 2 is 1.79 bits per heavy atom. The molecule has 1 fully saturated rings. The van der Waals surface area contributed by atoms with Gasteiger partial charge in [-0.3, -0.25) is 0 Å². The van der Waals surface area contributed by atoms with Crippen LogP contribution in [0.1, 0.15) is 32.6 Å². The average Bonchev–Trinajstić information content (AvgIpc) is 2.67. The Bertz CT molecular complexity index is 144. The van der Waals surface area contributed by atoms with E-state index in [1.807, 2.05) is 6.92 Å². The standard InChI is InChI=1S/C11H22O2S/c1-2-12-7-8-13-9-11(10-14)5-3-4-6-11/h14H,2-10H2,1H3. The van der Waals surface area contributed by atoms with Gasteiger partial charge in [-0.05, 0) is 25.5 Å². The summed E-state index contributed by atoms with van der Waals surface area (Å²) in [5, 5.41) is 0. The molecule has 0 N–H and O–H groups in total. The normalized spacial score (nSPS) is 20.1. The Kier molecular flexibility index (Phi) is 5.90. The minimum atomic E-state index is 0.370. The third kappa shape index (κ3) is 3.79. The van der Waals surface area contributed by atoms with Crippen molar-refractivity contribution < 1.29 is 9.47 Å². The summed E-state index contributed by atoms with van der Waals surface area (Å²) in [6, 6.07) is 0. The highest BCUT2D eigenvalue weighted by Crippen LogP contribution is 2.39. The molecule has 0 spiro atoms. The molecular weight excluding hydrogens is 196 g/mol. The Morgan fingerprint density at radius 1 is 1.14 bits per heavy atom. The van der Waals surface area contributed by atoms with Crippen molar-refractivity contribution in [1.29, 1.82) is 0 Å². The van der Waals surface area contributed by atoms with Crippen molar-refractivity contribution in [3.63, 3.8) is 0 Å². The van der Waals surface area contributed by atoms with Gasteiger partial charge in [0.25, 0.3) is 0 Å². The van der Waals surface area contributed by atoms with Crippen LogP contribution in [0, 0.1) is 5.41 Å². The maximum atomic E-state index is 5.64. The Labute approximate surface area is 92.8 Å². The molecule has 0 amide bonds. The van der Waals surface area contributed by atoms with E-state index in [9.17, 15) is 0 Å². The lowest BCUT2D eigenvalue weighted by molar-refractivity contribution is 0.0160. The van der Waals surface area contributed by atoms with E-state index in [-0.39, 0.29) is 0 Å². The van der Waals surface area contributed by atoms with Crippen LogP contribution in [0.2, 0.25) is 0 Å². The summed E-state index contributed by atoms with van der Waals surface area (Å²) in [6.45, 7) is 5.10. The summed E-state index contributed by atoms with van der Waals surface area (Å²) in [4.78, 5) is 0. The van der Waals surface area contributed by atoms with E-state index in [2.05, 4.69) is 12.6 Å². The van der Waals surface area contributed by atoms with Crippen molar-refractivity contribution in [2.75, 3.05) is 32.2 Å². The molecular formula is C11H22O2S. The summed E-state index contributed by atoms with van der Waals surface area (Å²) in [5.41, 5.74) is 0.370. The average molecular weight is 218 g/mol. The molecule has 0 aromatic heterocycles. The maximum Gasteiger partial charge on any atom is 0.0700 e. The van der Waals surface area contributed by atoms with Crippen LogP contribution in [-0.2, 0) is 9.47 Å². The molecule has 0 saturated heterocycles. The van der Waals surface area contributed by atoms with E-state index in [1.165, 1.54) is 25.7 Å². The van der Waals surface area contributed by atoms with E-state index in [4.69, 9.17) is 9.47 Å². The fraction of sp³-hybridized carbons (Fsp3) is 1.00. The smallest absolute Gasteiger partial charge is 0.0700 e. The number of rotatable bonds is 7. The SMILES string of the molecule is CCOCCOCC1(CS)CCCC1. The predicted molar refractivity (Wildman–Crippen MR) is 62.1 cm³/mol. The first-order valence-corrected chi connectivity index (χ1v) is 6.22. The van der Waals surface area contributed by atoms with E-state index >= 15 is 0 Å². The zero-order valence-electron chi connectivity index (χ0n) is 9.13. The molecule has 0 bridgehead atoms. The summed E-state index contributed by atoms with van der Waals surface area (Å²) >= 11 is 4.43. The summed E-state index contributed by atoms with van der Waals surface area (Å²) in [6.07, 6.45) is 5.25. The molecule has 84 valence electrons. The van der Waals surface area contributed by atoms with Gasteiger partial charge >= 0.3 is 0 Å². The van der Waals surface area contributed by atoms with E-state index in [0.29, 0.717) is 5.41 Å². The van der Waals surface area contributed by atoms with E-state index in [0.717, 1.165) is 32.2 Å². The van der Waals surface area contributed by atoms with Gasteiger partial charge in [-0.2, -0.15) is 12.6 Å². The van der Waals surface area contributed by atoms with Gasteiger partial charge in [-0.15, -0.1) is 0 Å². The van der Waals surface area contributed by atoms with Crippen LogP contribution in [-0.4, -0.2) is 32.2 Å². The second-order valence-electron chi connectivity index (χ2n) is 4.11. The van der Waals surface area contributed by atoms with Crippen LogP contribution in [0.25, 0.3) is 0 Å². The molecule has 0 aromatic rings. The van der Waals surface area contributed by atoms with Gasteiger partial charge in [-0.1, -0.05) is 12.8 Å². The van der Waals surface area contributed by atoms with Crippen molar-refractivity contribution in [2.45, 2.75) is 32.6 Å². The lowest BCUT2D eigenvalue weighted by Gasteiger charge is -2.26. The predicted octanol–water partition coefficient (Wildman–Crippen LogP) is 2.53. The molecule has 1 aliphatic carbocycles. The Hall–Kier alpha value is 0.270. The van der Waals surface area contributed by atoms with Gasteiger partial charge in [0.1, 0.15) is 0 Å². The van der Waals surface area contributed by atoms with Gasteiger partial charge in [-0.25, -0.2) is 0 Å². The third-order valence-corrected chi connectivity index (χ3v) is 3.65. The molecule has 2 nitrogen and oxygen atoms in total. The minimum absolute atomic E-state index is 0.370. The summed E-state index contributed by atoms with van der Waals surface area (Å²) < 4.78 is 10.9. The number of hydrogen-bond donors (Lipinski definition) is 1. The van der Waals surface area contributed by atoms with Crippen molar-refractivity contribution in [3.8, 4) is 0 Å². The fourth-order valence-corrected chi connectivity index (χ4v) is 2.43.